The molecule has 0 heterocycles. The third-order valence-corrected chi connectivity index (χ3v) is 3.58. The summed E-state index contributed by atoms with van der Waals surface area (Å²) in [7, 11) is 1.53. The van der Waals surface area contributed by atoms with Crippen LogP contribution >= 0.6 is 23.2 Å². The van der Waals surface area contributed by atoms with E-state index in [-0.39, 0.29) is 12.5 Å². The maximum Gasteiger partial charge on any atom is 0.156 e. The number of nitrogens with two attached hydrogens (primary N) is 1. The summed E-state index contributed by atoms with van der Waals surface area (Å²) in [4.78, 5) is 0. The Morgan fingerprint density at radius 2 is 1.89 bits per heavy atom. The maximum absolute atomic E-state index is 9.64. The van der Waals surface area contributed by atoms with Gasteiger partial charge in [0.25, 0.3) is 0 Å². The molecular weight excluding hydrogens is 273 g/mol. The average molecular weight is 292 g/mol. The first kappa shape index (κ1) is 15.6. The van der Waals surface area contributed by atoms with Crippen LogP contribution in [0, 0.1) is 0 Å². The number of rotatable bonds is 6. The number of hydrogen-bond donors (Lipinski definition) is 2. The molecule has 2 unspecified atom stereocenters. The van der Waals surface area contributed by atoms with Crippen molar-refractivity contribution < 1.29 is 9.84 Å². The molecule has 0 radical (unpaired) electrons. The molecule has 18 heavy (non-hydrogen) atoms. The Bertz CT molecular complexity index is 376. The maximum atomic E-state index is 9.64. The van der Waals surface area contributed by atoms with Crippen molar-refractivity contribution in [3.63, 3.8) is 0 Å². The lowest BCUT2D eigenvalue weighted by molar-refractivity contribution is 0.162. The molecular formula is C13H19Cl2NO2. The molecule has 0 aliphatic carbocycles. The van der Waals surface area contributed by atoms with Gasteiger partial charge in [-0.3, -0.25) is 0 Å². The van der Waals surface area contributed by atoms with Crippen LogP contribution in [0.3, 0.4) is 0 Å². The van der Waals surface area contributed by atoms with E-state index in [1.807, 2.05) is 12.1 Å². The Morgan fingerprint density at radius 1 is 1.33 bits per heavy atom. The van der Waals surface area contributed by atoms with Gasteiger partial charge in [0.05, 0.1) is 23.3 Å². The van der Waals surface area contributed by atoms with Crippen molar-refractivity contribution in [2.24, 2.45) is 5.73 Å². The minimum absolute atomic E-state index is 0.185. The van der Waals surface area contributed by atoms with E-state index in [0.29, 0.717) is 22.2 Å². The van der Waals surface area contributed by atoms with Gasteiger partial charge in [0.15, 0.2) is 5.75 Å². The van der Waals surface area contributed by atoms with Gasteiger partial charge in [-0.15, -0.1) is 0 Å². The molecule has 0 fully saturated rings. The van der Waals surface area contributed by atoms with Crippen molar-refractivity contribution in [1.82, 2.24) is 0 Å². The highest BCUT2D eigenvalue weighted by molar-refractivity contribution is 6.37. The predicted molar refractivity (Wildman–Crippen MR) is 75.7 cm³/mol. The molecule has 3 N–H and O–H groups in total. The van der Waals surface area contributed by atoms with E-state index in [4.69, 9.17) is 33.7 Å². The van der Waals surface area contributed by atoms with Gasteiger partial charge in [-0.2, -0.15) is 0 Å². The molecule has 1 aromatic rings. The Labute approximate surface area is 118 Å². The first-order valence-corrected chi connectivity index (χ1v) is 6.70. The first-order chi connectivity index (χ1) is 8.53. The van der Waals surface area contributed by atoms with E-state index < -0.39 is 6.10 Å². The van der Waals surface area contributed by atoms with Crippen LogP contribution in [0.1, 0.15) is 31.2 Å². The first-order valence-electron chi connectivity index (χ1n) is 5.94. The normalized spacial score (nSPS) is 14.3. The highest BCUT2D eigenvalue weighted by Crippen LogP contribution is 2.37. The summed E-state index contributed by atoms with van der Waals surface area (Å²) < 4.78 is 5.11. The zero-order chi connectivity index (χ0) is 13.7. The Balaban J connectivity index is 3.00. The number of aliphatic hydroxyl groups is 1. The third kappa shape index (κ3) is 3.75. The quantitative estimate of drug-likeness (QED) is 0.846. The zero-order valence-electron chi connectivity index (χ0n) is 10.6. The number of halogens is 2. The second-order valence-corrected chi connectivity index (χ2v) is 5.06. The fraction of sp³-hybridized carbons (Fsp3) is 0.538. The highest BCUT2D eigenvalue weighted by Gasteiger charge is 2.17. The van der Waals surface area contributed by atoms with Crippen LogP contribution < -0.4 is 10.5 Å². The summed E-state index contributed by atoms with van der Waals surface area (Å²) in [5.41, 5.74) is 6.44. The van der Waals surface area contributed by atoms with Gasteiger partial charge in [-0.1, -0.05) is 30.1 Å². The van der Waals surface area contributed by atoms with Crippen molar-refractivity contribution >= 4 is 23.2 Å². The molecule has 102 valence electrons. The van der Waals surface area contributed by atoms with Crippen molar-refractivity contribution in [3.05, 3.63) is 27.7 Å². The summed E-state index contributed by atoms with van der Waals surface area (Å²) in [5.74, 6) is 0.667. The lowest BCUT2D eigenvalue weighted by Crippen LogP contribution is -2.22. The van der Waals surface area contributed by atoms with Crippen molar-refractivity contribution in [1.29, 1.82) is 0 Å². The Kier molecular flexibility index (Phi) is 6.22. The summed E-state index contributed by atoms with van der Waals surface area (Å²) in [6.45, 7) is 2.31. The van der Waals surface area contributed by atoms with Gasteiger partial charge in [-0.05, 0) is 36.5 Å². The van der Waals surface area contributed by atoms with Crippen molar-refractivity contribution in [2.45, 2.75) is 31.8 Å². The van der Waals surface area contributed by atoms with Crippen LogP contribution in [0.2, 0.25) is 10.0 Å². The van der Waals surface area contributed by atoms with E-state index in [1.165, 1.54) is 7.11 Å². The number of methoxy groups -OCH3 is 1. The van der Waals surface area contributed by atoms with Gasteiger partial charge in [0.1, 0.15) is 0 Å². The van der Waals surface area contributed by atoms with Crippen LogP contribution in [-0.4, -0.2) is 24.9 Å². The van der Waals surface area contributed by atoms with Gasteiger partial charge in [-0.25, -0.2) is 0 Å². The van der Waals surface area contributed by atoms with Crippen LogP contribution in [-0.2, 0) is 0 Å². The summed E-state index contributed by atoms with van der Waals surface area (Å²) >= 11 is 12.2. The molecule has 0 bridgehead atoms. The fourth-order valence-electron chi connectivity index (χ4n) is 1.97. The molecule has 1 aromatic carbocycles. The monoisotopic (exact) mass is 291 g/mol. The predicted octanol–water partition coefficient (Wildman–Crippen LogP) is 3.21. The molecule has 0 aliphatic heterocycles. The molecule has 0 saturated heterocycles. The average Bonchev–Trinajstić information content (AvgIpc) is 2.35. The Hall–Kier alpha value is -0.480. The number of aliphatic hydroxyl groups excluding tert-OH is 1. The minimum Gasteiger partial charge on any atom is -0.494 e. The van der Waals surface area contributed by atoms with E-state index in [9.17, 15) is 5.11 Å². The van der Waals surface area contributed by atoms with Gasteiger partial charge in [0.2, 0.25) is 0 Å². The van der Waals surface area contributed by atoms with E-state index in [2.05, 4.69) is 6.92 Å². The van der Waals surface area contributed by atoms with E-state index >= 15 is 0 Å². The van der Waals surface area contributed by atoms with Gasteiger partial charge < -0.3 is 15.6 Å². The molecule has 0 amide bonds. The molecule has 3 nitrogen and oxygen atoms in total. The lowest BCUT2D eigenvalue weighted by Gasteiger charge is -2.20. The number of hydrogen-bond acceptors (Lipinski definition) is 3. The topological polar surface area (TPSA) is 55.5 Å². The molecule has 0 aliphatic rings. The van der Waals surface area contributed by atoms with E-state index in [0.717, 1.165) is 12.0 Å². The second-order valence-electron chi connectivity index (χ2n) is 4.25. The molecule has 0 aromatic heterocycles. The Morgan fingerprint density at radius 3 is 2.28 bits per heavy atom. The van der Waals surface area contributed by atoms with E-state index in [1.54, 1.807) is 0 Å². The lowest BCUT2D eigenvalue weighted by atomic mass is 9.91. The van der Waals surface area contributed by atoms with Crippen LogP contribution in [0.25, 0.3) is 0 Å². The standard InChI is InChI=1S/C13H19Cl2NO2/c1-3-8(4-10(17)7-16)9-5-11(14)13(18-2)12(15)6-9/h5-6,8,10,17H,3-4,7,16H2,1-2H3. The van der Waals surface area contributed by atoms with Crippen LogP contribution in [0.5, 0.6) is 5.75 Å². The second kappa shape index (κ2) is 7.19. The number of ether oxygens (including phenoxy) is 1. The van der Waals surface area contributed by atoms with Gasteiger partial charge in [0, 0.05) is 6.54 Å². The molecule has 1 rings (SSSR count). The smallest absolute Gasteiger partial charge is 0.156 e. The van der Waals surface area contributed by atoms with Crippen LogP contribution in [0.4, 0.5) is 0 Å². The fourth-order valence-corrected chi connectivity index (χ4v) is 2.63. The summed E-state index contributed by atoms with van der Waals surface area (Å²) in [6, 6.07) is 3.67. The van der Waals surface area contributed by atoms with Gasteiger partial charge >= 0.3 is 0 Å². The molecule has 2 atom stereocenters. The van der Waals surface area contributed by atoms with Crippen LogP contribution in [0.15, 0.2) is 12.1 Å². The molecule has 0 spiro atoms. The SMILES string of the molecule is CCC(CC(O)CN)c1cc(Cl)c(OC)c(Cl)c1. The molecule has 0 saturated carbocycles. The highest BCUT2D eigenvalue weighted by atomic mass is 35.5. The summed E-state index contributed by atoms with van der Waals surface area (Å²) in [6.07, 6.45) is 0.983. The van der Waals surface area contributed by atoms with Crippen molar-refractivity contribution in [2.75, 3.05) is 13.7 Å². The third-order valence-electron chi connectivity index (χ3n) is 3.02. The minimum atomic E-state index is -0.505. The number of benzene rings is 1. The summed E-state index contributed by atoms with van der Waals surface area (Å²) in [5, 5.41) is 10.6. The van der Waals surface area contributed by atoms with Crippen molar-refractivity contribution in [3.8, 4) is 5.75 Å². The zero-order valence-corrected chi connectivity index (χ0v) is 12.1. The molecule has 5 heteroatoms. The largest absolute Gasteiger partial charge is 0.494 e.